The third-order valence-corrected chi connectivity index (χ3v) is 5.52. The number of hydrogen-bond acceptors (Lipinski definition) is 5. The lowest BCUT2D eigenvalue weighted by Gasteiger charge is -2.24. The van der Waals surface area contributed by atoms with Gasteiger partial charge in [-0.05, 0) is 48.2 Å². The lowest BCUT2D eigenvalue weighted by atomic mass is 10.00. The second-order valence-corrected chi connectivity index (χ2v) is 7.96. The predicted molar refractivity (Wildman–Crippen MR) is 99.9 cm³/mol. The second kappa shape index (κ2) is 6.97. The molecule has 1 aliphatic rings. The normalized spacial score (nSPS) is 14.6. The van der Waals surface area contributed by atoms with Crippen molar-refractivity contribution in [3.63, 3.8) is 0 Å². The average Bonchev–Trinajstić information content (AvgIpc) is 3.10. The minimum absolute atomic E-state index is 0.0861. The van der Waals surface area contributed by atoms with Gasteiger partial charge in [0.15, 0.2) is 0 Å². The van der Waals surface area contributed by atoms with Crippen LogP contribution in [0.4, 0.5) is 11.4 Å². The molecule has 0 spiro atoms. The maximum absolute atomic E-state index is 12.2. The summed E-state index contributed by atoms with van der Waals surface area (Å²) in [6, 6.07) is 9.81. The summed E-state index contributed by atoms with van der Waals surface area (Å²) in [5.74, 6) is -1.19. The Bertz CT molecular complexity index is 934. The monoisotopic (exact) mass is 375 g/mol. The molecule has 0 aliphatic carbocycles. The molecule has 0 atom stereocenters. The van der Waals surface area contributed by atoms with Crippen molar-refractivity contribution in [1.82, 2.24) is 0 Å². The number of hydrogen-bond donors (Lipinski definition) is 3. The third kappa shape index (κ3) is 3.81. The number of primary sulfonamides is 1. The van der Waals surface area contributed by atoms with Crippen LogP contribution in [0.5, 0.6) is 0 Å². The van der Waals surface area contributed by atoms with Crippen molar-refractivity contribution >= 4 is 27.4 Å². The van der Waals surface area contributed by atoms with E-state index in [-0.39, 0.29) is 10.5 Å². The van der Waals surface area contributed by atoms with E-state index in [1.807, 2.05) is 17.0 Å². The SMILES string of the molecule is Nc1ccc(Cc2c(N3CCCC3)cc(C(=O)O)cc2S(N)(=O)=O)cc1. The minimum atomic E-state index is -4.08. The van der Waals surface area contributed by atoms with E-state index in [1.165, 1.54) is 6.07 Å². The number of carboxylic acid groups (broad SMARTS) is 1. The van der Waals surface area contributed by atoms with E-state index in [4.69, 9.17) is 10.9 Å². The van der Waals surface area contributed by atoms with Crippen molar-refractivity contribution in [2.24, 2.45) is 5.14 Å². The lowest BCUT2D eigenvalue weighted by Crippen LogP contribution is -2.23. The number of carboxylic acids is 1. The Labute approximate surface area is 152 Å². The highest BCUT2D eigenvalue weighted by atomic mass is 32.2. The van der Waals surface area contributed by atoms with E-state index in [9.17, 15) is 18.3 Å². The van der Waals surface area contributed by atoms with Crippen LogP contribution in [0, 0.1) is 0 Å². The number of aromatic carboxylic acids is 1. The van der Waals surface area contributed by atoms with Crippen molar-refractivity contribution in [3.8, 4) is 0 Å². The zero-order chi connectivity index (χ0) is 18.9. The van der Waals surface area contributed by atoms with Crippen molar-refractivity contribution in [1.29, 1.82) is 0 Å². The molecule has 0 radical (unpaired) electrons. The highest BCUT2D eigenvalue weighted by molar-refractivity contribution is 7.89. The van der Waals surface area contributed by atoms with Gasteiger partial charge in [-0.15, -0.1) is 0 Å². The molecule has 5 N–H and O–H groups in total. The van der Waals surface area contributed by atoms with Crippen LogP contribution in [-0.4, -0.2) is 32.6 Å². The largest absolute Gasteiger partial charge is 0.478 e. The van der Waals surface area contributed by atoms with Crippen LogP contribution in [-0.2, 0) is 16.4 Å². The summed E-state index contributed by atoms with van der Waals surface area (Å²) in [5.41, 5.74) is 8.24. The fourth-order valence-corrected chi connectivity index (χ4v) is 4.08. The molecular formula is C18H21N3O4S. The molecule has 1 fully saturated rings. The van der Waals surface area contributed by atoms with Crippen LogP contribution in [0.1, 0.15) is 34.3 Å². The Balaban J connectivity index is 2.20. The smallest absolute Gasteiger partial charge is 0.335 e. The second-order valence-electron chi connectivity index (χ2n) is 6.43. The van der Waals surface area contributed by atoms with Gasteiger partial charge in [-0.2, -0.15) is 0 Å². The molecule has 2 aromatic rings. The summed E-state index contributed by atoms with van der Waals surface area (Å²) >= 11 is 0. The van der Waals surface area contributed by atoms with E-state index in [1.54, 1.807) is 12.1 Å². The number of nitrogen functional groups attached to an aromatic ring is 1. The maximum Gasteiger partial charge on any atom is 0.335 e. The highest BCUT2D eigenvalue weighted by Gasteiger charge is 2.25. The molecule has 138 valence electrons. The van der Waals surface area contributed by atoms with E-state index in [0.717, 1.165) is 37.6 Å². The van der Waals surface area contributed by atoms with Crippen LogP contribution in [0.2, 0.25) is 0 Å². The summed E-state index contributed by atoms with van der Waals surface area (Å²) in [6.07, 6.45) is 2.27. The molecule has 7 nitrogen and oxygen atoms in total. The first-order valence-corrected chi connectivity index (χ1v) is 9.83. The van der Waals surface area contributed by atoms with Crippen LogP contribution in [0.15, 0.2) is 41.3 Å². The van der Waals surface area contributed by atoms with E-state index >= 15 is 0 Å². The Morgan fingerprint density at radius 2 is 1.73 bits per heavy atom. The Hall–Kier alpha value is -2.58. The van der Waals surface area contributed by atoms with Gasteiger partial charge >= 0.3 is 5.97 Å². The minimum Gasteiger partial charge on any atom is -0.478 e. The standard InChI is InChI=1S/C18H21N3O4S/c19-14-5-3-12(4-6-14)9-15-16(21-7-1-2-8-21)10-13(18(22)23)11-17(15)26(20,24)25/h3-6,10-11H,1-2,7-9,19H2,(H,22,23)(H2,20,24,25). The summed E-state index contributed by atoms with van der Waals surface area (Å²) in [7, 11) is -4.08. The first-order valence-electron chi connectivity index (χ1n) is 8.28. The van der Waals surface area contributed by atoms with E-state index in [2.05, 4.69) is 0 Å². The van der Waals surface area contributed by atoms with Crippen molar-refractivity contribution < 1.29 is 18.3 Å². The van der Waals surface area contributed by atoms with Gasteiger partial charge in [-0.1, -0.05) is 12.1 Å². The van der Waals surface area contributed by atoms with Gasteiger partial charge < -0.3 is 15.7 Å². The van der Waals surface area contributed by atoms with Crippen molar-refractivity contribution in [2.45, 2.75) is 24.2 Å². The van der Waals surface area contributed by atoms with Crippen LogP contribution >= 0.6 is 0 Å². The maximum atomic E-state index is 12.2. The number of sulfonamides is 1. The Kier molecular flexibility index (Phi) is 4.88. The van der Waals surface area contributed by atoms with E-state index < -0.39 is 16.0 Å². The molecule has 1 saturated heterocycles. The number of anilines is 2. The molecule has 0 saturated carbocycles. The zero-order valence-electron chi connectivity index (χ0n) is 14.2. The molecule has 1 aliphatic heterocycles. The molecule has 8 heteroatoms. The first-order chi connectivity index (χ1) is 12.3. The van der Waals surface area contributed by atoms with E-state index in [0.29, 0.717) is 23.4 Å². The van der Waals surface area contributed by atoms with Gasteiger partial charge in [-0.3, -0.25) is 0 Å². The fourth-order valence-electron chi connectivity index (χ4n) is 3.27. The van der Waals surface area contributed by atoms with Crippen LogP contribution in [0.3, 0.4) is 0 Å². The number of carbonyl (C=O) groups is 1. The summed E-state index contributed by atoms with van der Waals surface area (Å²) in [4.78, 5) is 13.4. The molecule has 0 aromatic heterocycles. The predicted octanol–water partition coefficient (Wildman–Crippen LogP) is 1.81. The van der Waals surface area contributed by atoms with Crippen molar-refractivity contribution in [2.75, 3.05) is 23.7 Å². The Morgan fingerprint density at radius 3 is 2.27 bits per heavy atom. The number of rotatable bonds is 5. The van der Waals surface area contributed by atoms with Gasteiger partial charge in [0.2, 0.25) is 10.0 Å². The van der Waals surface area contributed by atoms with Crippen molar-refractivity contribution in [3.05, 3.63) is 53.1 Å². The molecule has 0 bridgehead atoms. The number of nitrogens with two attached hydrogens (primary N) is 2. The van der Waals surface area contributed by atoms with Gasteiger partial charge in [0, 0.05) is 30.9 Å². The van der Waals surface area contributed by atoms with Crippen LogP contribution < -0.4 is 15.8 Å². The van der Waals surface area contributed by atoms with Gasteiger partial charge in [0.05, 0.1) is 10.5 Å². The molecule has 1 heterocycles. The van der Waals surface area contributed by atoms with Crippen LogP contribution in [0.25, 0.3) is 0 Å². The highest BCUT2D eigenvalue weighted by Crippen LogP contribution is 2.33. The molecule has 2 aromatic carbocycles. The van der Waals surface area contributed by atoms with Gasteiger partial charge in [-0.25, -0.2) is 18.4 Å². The molecular weight excluding hydrogens is 354 g/mol. The zero-order valence-corrected chi connectivity index (χ0v) is 15.0. The lowest BCUT2D eigenvalue weighted by molar-refractivity contribution is 0.0696. The van der Waals surface area contributed by atoms with Gasteiger partial charge in [0.1, 0.15) is 0 Å². The molecule has 0 unspecified atom stereocenters. The Morgan fingerprint density at radius 1 is 1.12 bits per heavy atom. The number of benzene rings is 2. The quantitative estimate of drug-likeness (QED) is 0.684. The average molecular weight is 375 g/mol. The first kappa shape index (κ1) is 18.2. The molecule has 3 rings (SSSR count). The fraction of sp³-hybridized carbons (Fsp3) is 0.278. The molecule has 0 amide bonds. The van der Waals surface area contributed by atoms with Gasteiger partial charge in [0.25, 0.3) is 0 Å². The molecule has 26 heavy (non-hydrogen) atoms. The third-order valence-electron chi connectivity index (χ3n) is 4.55. The summed E-state index contributed by atoms with van der Waals surface area (Å²) in [5, 5.41) is 14.8. The summed E-state index contributed by atoms with van der Waals surface area (Å²) in [6.45, 7) is 1.50. The number of nitrogens with zero attached hydrogens (tertiary/aromatic N) is 1. The topological polar surface area (TPSA) is 127 Å². The summed E-state index contributed by atoms with van der Waals surface area (Å²) < 4.78 is 24.4.